The fourth-order valence-electron chi connectivity index (χ4n) is 2.62. The van der Waals surface area contributed by atoms with Crippen LogP contribution in [-0.2, 0) is 0 Å². The maximum atomic E-state index is 12.0. The molecule has 7 heteroatoms. The molecule has 2 rings (SSSR count). The Morgan fingerprint density at radius 3 is 2.81 bits per heavy atom. The lowest BCUT2D eigenvalue weighted by Gasteiger charge is -2.35. The average molecular weight is 294 g/mol. The molecule has 1 aliphatic rings. The van der Waals surface area contributed by atoms with Gasteiger partial charge in [0.2, 0.25) is 0 Å². The van der Waals surface area contributed by atoms with E-state index >= 15 is 0 Å². The third-order valence-corrected chi connectivity index (χ3v) is 3.96. The lowest BCUT2D eigenvalue weighted by molar-refractivity contribution is 0.0692. The van der Waals surface area contributed by atoms with E-state index in [2.05, 4.69) is 34.5 Å². The predicted octanol–water partition coefficient (Wildman–Crippen LogP) is 1.63. The Labute approximate surface area is 123 Å². The number of carboxylic acid groups (broad SMARTS) is 1. The number of piperidine rings is 1. The number of amides is 2. The van der Waals surface area contributed by atoms with Crippen LogP contribution in [0.2, 0.25) is 0 Å². The zero-order chi connectivity index (χ0) is 15.6. The van der Waals surface area contributed by atoms with E-state index in [4.69, 9.17) is 5.11 Å². The smallest absolute Gasteiger partial charge is 0.354 e. The summed E-state index contributed by atoms with van der Waals surface area (Å²) in [5.74, 6) is -1.09. The first kappa shape index (κ1) is 15.4. The van der Waals surface area contributed by atoms with E-state index in [1.807, 2.05) is 0 Å². The molecule has 0 aromatic carbocycles. The summed E-state index contributed by atoms with van der Waals surface area (Å²) in [7, 11) is 2.07. The number of carbonyl (C=O) groups excluding carboxylic acids is 1. The van der Waals surface area contributed by atoms with Gasteiger partial charge in [-0.15, -0.1) is 0 Å². The summed E-state index contributed by atoms with van der Waals surface area (Å²) in [6.45, 7) is 4.81. The molecular formula is C14H22N4O3. The molecule has 2 unspecified atom stereocenters. The van der Waals surface area contributed by atoms with Gasteiger partial charge in [0, 0.05) is 24.3 Å². The molecule has 2 heterocycles. The fourth-order valence-corrected chi connectivity index (χ4v) is 2.62. The second-order valence-corrected chi connectivity index (χ2v) is 5.70. The normalized spacial score (nSPS) is 22.8. The summed E-state index contributed by atoms with van der Waals surface area (Å²) in [5.41, 5.74) is 0.980. The van der Waals surface area contributed by atoms with Crippen molar-refractivity contribution in [3.63, 3.8) is 0 Å². The first-order valence-corrected chi connectivity index (χ1v) is 7.07. The maximum absolute atomic E-state index is 12.0. The summed E-state index contributed by atoms with van der Waals surface area (Å²) >= 11 is 0. The van der Waals surface area contributed by atoms with E-state index in [1.54, 1.807) is 13.0 Å². The molecule has 1 saturated heterocycles. The van der Waals surface area contributed by atoms with Crippen LogP contribution in [0.4, 0.5) is 10.5 Å². The number of likely N-dealkylation sites (tertiary alicyclic amines) is 1. The van der Waals surface area contributed by atoms with Gasteiger partial charge in [0.25, 0.3) is 0 Å². The molecule has 0 saturated carbocycles. The van der Waals surface area contributed by atoms with E-state index in [0.717, 1.165) is 19.4 Å². The number of nitrogens with zero attached hydrogens (tertiary/aromatic N) is 1. The molecule has 1 aliphatic heterocycles. The molecule has 116 valence electrons. The number of rotatable bonds is 3. The molecule has 0 radical (unpaired) electrons. The van der Waals surface area contributed by atoms with Crippen molar-refractivity contribution in [1.29, 1.82) is 0 Å². The molecule has 7 nitrogen and oxygen atoms in total. The minimum atomic E-state index is -1.09. The fraction of sp³-hybridized carbons (Fsp3) is 0.571. The van der Waals surface area contributed by atoms with Gasteiger partial charge in [0.05, 0.1) is 5.69 Å². The molecule has 1 aromatic rings. The summed E-state index contributed by atoms with van der Waals surface area (Å²) in [4.78, 5) is 28.1. The third-order valence-electron chi connectivity index (χ3n) is 3.96. The Kier molecular flexibility index (Phi) is 4.52. The molecule has 0 bridgehead atoms. The summed E-state index contributed by atoms with van der Waals surface area (Å²) in [5, 5.41) is 14.6. The van der Waals surface area contributed by atoms with Gasteiger partial charge >= 0.3 is 12.0 Å². The molecule has 1 fully saturated rings. The molecule has 0 spiro atoms. The lowest BCUT2D eigenvalue weighted by Crippen LogP contribution is -2.48. The molecule has 2 amide bonds. The van der Waals surface area contributed by atoms with Crippen molar-refractivity contribution in [2.75, 3.05) is 18.9 Å². The minimum absolute atomic E-state index is 0.000560. The van der Waals surface area contributed by atoms with E-state index < -0.39 is 5.97 Å². The number of anilines is 1. The number of aryl methyl sites for hydroxylation is 1. The number of carbonyl (C=O) groups is 2. The average Bonchev–Trinajstić information content (AvgIpc) is 2.75. The van der Waals surface area contributed by atoms with Crippen molar-refractivity contribution in [1.82, 2.24) is 15.2 Å². The zero-order valence-corrected chi connectivity index (χ0v) is 12.6. The van der Waals surface area contributed by atoms with Gasteiger partial charge in [-0.05, 0) is 39.8 Å². The SMILES string of the molecule is Cc1cc(NC(=O)NC2CCN(C)C(C)C2)c(C(=O)O)[nH]1. The Bertz CT molecular complexity index is 540. The zero-order valence-electron chi connectivity index (χ0n) is 12.6. The van der Waals surface area contributed by atoms with Crippen LogP contribution in [0.25, 0.3) is 0 Å². The quantitative estimate of drug-likeness (QED) is 0.681. The van der Waals surface area contributed by atoms with E-state index in [-0.39, 0.29) is 17.8 Å². The molecule has 0 aliphatic carbocycles. The monoisotopic (exact) mass is 294 g/mol. The number of urea groups is 1. The predicted molar refractivity (Wildman–Crippen MR) is 79.8 cm³/mol. The van der Waals surface area contributed by atoms with E-state index in [1.165, 1.54) is 0 Å². The highest BCUT2D eigenvalue weighted by atomic mass is 16.4. The van der Waals surface area contributed by atoms with Crippen molar-refractivity contribution in [2.24, 2.45) is 0 Å². The van der Waals surface area contributed by atoms with Crippen LogP contribution in [0, 0.1) is 6.92 Å². The van der Waals surface area contributed by atoms with Crippen LogP contribution in [-0.4, -0.2) is 52.7 Å². The van der Waals surface area contributed by atoms with Gasteiger partial charge in [-0.25, -0.2) is 9.59 Å². The number of hydrogen-bond acceptors (Lipinski definition) is 3. The van der Waals surface area contributed by atoms with Crippen LogP contribution >= 0.6 is 0 Å². The Morgan fingerprint density at radius 1 is 1.48 bits per heavy atom. The number of carboxylic acids is 1. The first-order chi connectivity index (χ1) is 9.86. The third kappa shape index (κ3) is 3.75. The van der Waals surface area contributed by atoms with Crippen molar-refractivity contribution >= 4 is 17.7 Å². The number of hydrogen-bond donors (Lipinski definition) is 4. The Morgan fingerprint density at radius 2 is 2.19 bits per heavy atom. The largest absolute Gasteiger partial charge is 0.477 e. The number of aromatic nitrogens is 1. The first-order valence-electron chi connectivity index (χ1n) is 7.07. The molecule has 2 atom stereocenters. The summed E-state index contributed by atoms with van der Waals surface area (Å²) in [6, 6.07) is 1.79. The minimum Gasteiger partial charge on any atom is -0.477 e. The number of H-pyrrole nitrogens is 1. The Balaban J connectivity index is 1.95. The topological polar surface area (TPSA) is 97.5 Å². The van der Waals surface area contributed by atoms with E-state index in [9.17, 15) is 9.59 Å². The van der Waals surface area contributed by atoms with Gasteiger partial charge in [-0.1, -0.05) is 0 Å². The lowest BCUT2D eigenvalue weighted by atomic mass is 9.99. The second kappa shape index (κ2) is 6.17. The van der Waals surface area contributed by atoms with Crippen molar-refractivity contribution in [2.45, 2.75) is 38.8 Å². The number of nitrogens with one attached hydrogen (secondary N) is 3. The van der Waals surface area contributed by atoms with Crippen LogP contribution in [0.15, 0.2) is 6.07 Å². The van der Waals surface area contributed by atoms with Crippen LogP contribution in [0.5, 0.6) is 0 Å². The highest BCUT2D eigenvalue weighted by Crippen LogP contribution is 2.18. The standard InChI is InChI=1S/C14H22N4O3/c1-8-6-11(12(15-8)13(19)20)17-14(21)16-10-4-5-18(3)9(2)7-10/h6,9-10,15H,4-5,7H2,1-3H3,(H,19,20)(H2,16,17,21). The van der Waals surface area contributed by atoms with Gasteiger partial charge in [0.1, 0.15) is 5.69 Å². The van der Waals surface area contributed by atoms with Gasteiger partial charge in [-0.3, -0.25) is 0 Å². The number of aromatic amines is 1. The second-order valence-electron chi connectivity index (χ2n) is 5.70. The Hall–Kier alpha value is -2.02. The maximum Gasteiger partial charge on any atom is 0.354 e. The van der Waals surface area contributed by atoms with Crippen molar-refractivity contribution < 1.29 is 14.7 Å². The van der Waals surface area contributed by atoms with Crippen molar-refractivity contribution in [3.05, 3.63) is 17.5 Å². The van der Waals surface area contributed by atoms with Gasteiger partial charge in [-0.2, -0.15) is 0 Å². The molecular weight excluding hydrogens is 272 g/mol. The summed E-state index contributed by atoms with van der Waals surface area (Å²) in [6.07, 6.45) is 1.79. The van der Waals surface area contributed by atoms with Crippen LogP contribution in [0.1, 0.15) is 35.9 Å². The molecule has 21 heavy (non-hydrogen) atoms. The molecule has 4 N–H and O–H groups in total. The highest BCUT2D eigenvalue weighted by molar-refractivity contribution is 5.99. The van der Waals surface area contributed by atoms with Gasteiger partial charge in [0.15, 0.2) is 0 Å². The number of aromatic carboxylic acids is 1. The highest BCUT2D eigenvalue weighted by Gasteiger charge is 2.24. The molecule has 1 aromatic heterocycles. The van der Waals surface area contributed by atoms with Crippen molar-refractivity contribution in [3.8, 4) is 0 Å². The van der Waals surface area contributed by atoms with E-state index in [0.29, 0.717) is 17.4 Å². The summed E-state index contributed by atoms with van der Waals surface area (Å²) < 4.78 is 0. The van der Waals surface area contributed by atoms with Crippen LogP contribution in [0.3, 0.4) is 0 Å². The van der Waals surface area contributed by atoms with Gasteiger partial charge < -0.3 is 25.6 Å². The van der Waals surface area contributed by atoms with Crippen LogP contribution < -0.4 is 10.6 Å².